The first-order chi connectivity index (χ1) is 7.29. The van der Waals surface area contributed by atoms with Crippen LogP contribution in [0.15, 0.2) is 18.2 Å². The van der Waals surface area contributed by atoms with E-state index in [1.165, 1.54) is 12.1 Å². The topological polar surface area (TPSA) is 54.4 Å². The molecule has 6 heteroatoms. The third-order valence-electron chi connectivity index (χ3n) is 1.98. The van der Waals surface area contributed by atoms with Crippen LogP contribution in [0, 0.1) is 5.82 Å². The van der Waals surface area contributed by atoms with Gasteiger partial charge in [0.15, 0.2) is 0 Å². The monoisotopic (exact) mass is 266 g/mol. The molecule has 1 atom stereocenters. The van der Waals surface area contributed by atoms with Gasteiger partial charge in [-0.25, -0.2) is 12.8 Å². The second kappa shape index (κ2) is 5.12. The molecule has 0 aliphatic carbocycles. The van der Waals surface area contributed by atoms with Gasteiger partial charge in [-0.2, -0.15) is 0 Å². The molecule has 0 heterocycles. The van der Waals surface area contributed by atoms with Gasteiger partial charge in [0, 0.05) is 12.7 Å². The van der Waals surface area contributed by atoms with E-state index < -0.39 is 21.8 Å². The Bertz CT molecular complexity index is 473. The summed E-state index contributed by atoms with van der Waals surface area (Å²) in [6.07, 6.45) is -0.174. The Hall–Kier alpha value is -0.650. The average Bonchev–Trinajstić information content (AvgIpc) is 2.09. The van der Waals surface area contributed by atoms with Crippen LogP contribution in [-0.4, -0.2) is 31.6 Å². The number of benzene rings is 1. The average molecular weight is 267 g/mol. The Kier molecular flexibility index (Phi) is 4.29. The zero-order valence-electron chi connectivity index (χ0n) is 8.65. The van der Waals surface area contributed by atoms with Crippen LogP contribution in [0.5, 0.6) is 0 Å². The lowest BCUT2D eigenvalue weighted by molar-refractivity contribution is 0.196. The van der Waals surface area contributed by atoms with Crippen molar-refractivity contribution in [3.05, 3.63) is 34.6 Å². The van der Waals surface area contributed by atoms with Crippen molar-refractivity contribution in [3.8, 4) is 0 Å². The SMILES string of the molecule is CS(=O)(=O)CC(O)Cc1cccc(Cl)c1F. The molecule has 3 nitrogen and oxygen atoms in total. The van der Waals surface area contributed by atoms with Crippen molar-refractivity contribution in [2.45, 2.75) is 12.5 Å². The summed E-state index contributed by atoms with van der Waals surface area (Å²) < 4.78 is 35.2. The first-order valence-corrected chi connectivity index (χ1v) is 7.02. The molecule has 0 aromatic heterocycles. The predicted octanol–water partition coefficient (Wildman–Crippen LogP) is 1.43. The molecule has 0 bridgehead atoms. The molecular weight excluding hydrogens is 255 g/mol. The van der Waals surface area contributed by atoms with Crippen LogP contribution in [0.25, 0.3) is 0 Å². The van der Waals surface area contributed by atoms with Gasteiger partial charge in [0.05, 0.1) is 16.9 Å². The van der Waals surface area contributed by atoms with Crippen LogP contribution in [0.1, 0.15) is 5.56 Å². The quantitative estimate of drug-likeness (QED) is 0.897. The minimum absolute atomic E-state index is 0.0379. The number of rotatable bonds is 4. The van der Waals surface area contributed by atoms with E-state index >= 15 is 0 Å². The molecule has 0 radical (unpaired) electrons. The molecule has 0 saturated heterocycles. The molecule has 0 saturated carbocycles. The second-order valence-corrected chi connectivity index (χ2v) is 6.26. The molecule has 0 fully saturated rings. The molecule has 0 aliphatic heterocycles. The first-order valence-electron chi connectivity index (χ1n) is 4.58. The highest BCUT2D eigenvalue weighted by atomic mass is 35.5. The number of hydrogen-bond donors (Lipinski definition) is 1. The van der Waals surface area contributed by atoms with E-state index in [-0.39, 0.29) is 22.8 Å². The largest absolute Gasteiger partial charge is 0.392 e. The van der Waals surface area contributed by atoms with E-state index in [9.17, 15) is 17.9 Å². The van der Waals surface area contributed by atoms with Crippen LogP contribution in [0.2, 0.25) is 5.02 Å². The van der Waals surface area contributed by atoms with Gasteiger partial charge in [-0.15, -0.1) is 0 Å². The van der Waals surface area contributed by atoms with Crippen molar-refractivity contribution in [3.63, 3.8) is 0 Å². The standard InChI is InChI=1S/C10H12ClFO3S/c1-16(14,15)6-8(13)5-7-3-2-4-9(11)10(7)12/h2-4,8,13H,5-6H2,1H3. The molecule has 0 amide bonds. The zero-order chi connectivity index (χ0) is 12.3. The summed E-state index contributed by atoms with van der Waals surface area (Å²) in [4.78, 5) is 0. The lowest BCUT2D eigenvalue weighted by atomic mass is 10.1. The Morgan fingerprint density at radius 3 is 2.69 bits per heavy atom. The lowest BCUT2D eigenvalue weighted by Crippen LogP contribution is -2.22. The van der Waals surface area contributed by atoms with Crippen molar-refractivity contribution in [2.24, 2.45) is 0 Å². The molecule has 1 rings (SSSR count). The van der Waals surface area contributed by atoms with Crippen LogP contribution in [0.4, 0.5) is 4.39 Å². The molecule has 1 aromatic carbocycles. The number of halogens is 2. The normalized spacial score (nSPS) is 13.8. The number of aliphatic hydroxyl groups is 1. The molecule has 16 heavy (non-hydrogen) atoms. The molecule has 1 N–H and O–H groups in total. The van der Waals surface area contributed by atoms with Crippen molar-refractivity contribution < 1.29 is 17.9 Å². The highest BCUT2D eigenvalue weighted by Crippen LogP contribution is 2.19. The van der Waals surface area contributed by atoms with E-state index in [4.69, 9.17) is 11.6 Å². The fourth-order valence-electron chi connectivity index (χ4n) is 1.37. The van der Waals surface area contributed by atoms with Crippen LogP contribution < -0.4 is 0 Å². The van der Waals surface area contributed by atoms with Gasteiger partial charge in [0.2, 0.25) is 0 Å². The van der Waals surface area contributed by atoms with E-state index in [0.29, 0.717) is 0 Å². The third kappa shape index (κ3) is 4.08. The summed E-state index contributed by atoms with van der Waals surface area (Å²) >= 11 is 5.56. The van der Waals surface area contributed by atoms with Crippen molar-refractivity contribution in [2.75, 3.05) is 12.0 Å². The highest BCUT2D eigenvalue weighted by Gasteiger charge is 2.15. The number of hydrogen-bond acceptors (Lipinski definition) is 3. The molecule has 0 aliphatic rings. The summed E-state index contributed by atoms with van der Waals surface area (Å²) in [7, 11) is -3.27. The van der Waals surface area contributed by atoms with Crippen LogP contribution >= 0.6 is 11.6 Å². The van der Waals surface area contributed by atoms with Crippen molar-refractivity contribution in [1.82, 2.24) is 0 Å². The third-order valence-corrected chi connectivity index (χ3v) is 3.26. The van der Waals surface area contributed by atoms with E-state index in [0.717, 1.165) is 6.26 Å². The maximum absolute atomic E-state index is 13.4. The lowest BCUT2D eigenvalue weighted by Gasteiger charge is -2.10. The summed E-state index contributed by atoms with van der Waals surface area (Å²) in [6, 6.07) is 4.41. The molecule has 1 aromatic rings. The van der Waals surface area contributed by atoms with Crippen LogP contribution in [0.3, 0.4) is 0 Å². The smallest absolute Gasteiger partial charge is 0.150 e. The minimum atomic E-state index is -3.27. The first kappa shape index (κ1) is 13.4. The Morgan fingerprint density at radius 2 is 2.12 bits per heavy atom. The molecule has 1 unspecified atom stereocenters. The van der Waals surface area contributed by atoms with Gasteiger partial charge in [0.25, 0.3) is 0 Å². The fourth-order valence-corrected chi connectivity index (χ4v) is 2.38. The van der Waals surface area contributed by atoms with Gasteiger partial charge in [-0.1, -0.05) is 23.7 Å². The van der Waals surface area contributed by atoms with E-state index in [1.54, 1.807) is 6.07 Å². The summed E-state index contributed by atoms with van der Waals surface area (Å²) in [5, 5.41) is 9.43. The molecular formula is C10H12ClFO3S. The molecule has 0 spiro atoms. The van der Waals surface area contributed by atoms with Gasteiger partial charge in [-0.05, 0) is 11.6 Å². The highest BCUT2D eigenvalue weighted by molar-refractivity contribution is 7.90. The van der Waals surface area contributed by atoms with Gasteiger partial charge < -0.3 is 5.11 Å². The van der Waals surface area contributed by atoms with Crippen molar-refractivity contribution >= 4 is 21.4 Å². The van der Waals surface area contributed by atoms with E-state index in [2.05, 4.69) is 0 Å². The minimum Gasteiger partial charge on any atom is -0.392 e. The van der Waals surface area contributed by atoms with E-state index in [1.807, 2.05) is 0 Å². The Labute approximate surface area is 98.8 Å². The van der Waals surface area contributed by atoms with Crippen LogP contribution in [-0.2, 0) is 16.3 Å². The summed E-state index contributed by atoms with van der Waals surface area (Å²) in [5.41, 5.74) is 0.212. The van der Waals surface area contributed by atoms with Crippen molar-refractivity contribution in [1.29, 1.82) is 0 Å². The Balaban J connectivity index is 2.77. The fraction of sp³-hybridized carbons (Fsp3) is 0.400. The molecule has 90 valence electrons. The number of sulfone groups is 1. The predicted molar refractivity (Wildman–Crippen MR) is 60.8 cm³/mol. The summed E-state index contributed by atoms with van der Waals surface area (Å²) in [5.74, 6) is -1.00. The maximum Gasteiger partial charge on any atom is 0.150 e. The zero-order valence-corrected chi connectivity index (χ0v) is 10.2. The summed E-state index contributed by atoms with van der Waals surface area (Å²) in [6.45, 7) is 0. The number of aliphatic hydroxyl groups excluding tert-OH is 1. The van der Waals surface area contributed by atoms with Gasteiger partial charge in [-0.3, -0.25) is 0 Å². The maximum atomic E-state index is 13.4. The Morgan fingerprint density at radius 1 is 1.50 bits per heavy atom. The second-order valence-electron chi connectivity index (χ2n) is 3.66. The van der Waals surface area contributed by atoms with Gasteiger partial charge in [0.1, 0.15) is 15.7 Å². The van der Waals surface area contributed by atoms with Gasteiger partial charge >= 0.3 is 0 Å².